The van der Waals surface area contributed by atoms with Crippen LogP contribution in [0.2, 0.25) is 5.02 Å². The minimum Gasteiger partial charge on any atom is -0.309 e. The number of anilines is 1. The lowest BCUT2D eigenvalue weighted by molar-refractivity contribution is 0.314. The van der Waals surface area contributed by atoms with E-state index in [1.807, 2.05) is 6.07 Å². The first-order valence-corrected chi connectivity index (χ1v) is 4.79. The van der Waals surface area contributed by atoms with Gasteiger partial charge in [0.2, 0.25) is 0 Å². The van der Waals surface area contributed by atoms with E-state index in [0.29, 0.717) is 0 Å². The lowest BCUT2D eigenvalue weighted by atomic mass is 10.1. The van der Waals surface area contributed by atoms with E-state index in [2.05, 4.69) is 36.2 Å². The standard InChI is InChI=1S/C10H13ClN2/c1-12-6-5-8-7-9(11)3-4-10(8)13(12)2/h3-4,7H,5-6H2,1-2H3. The van der Waals surface area contributed by atoms with Crippen molar-refractivity contribution in [2.75, 3.05) is 25.6 Å². The predicted molar refractivity (Wildman–Crippen MR) is 56.2 cm³/mol. The summed E-state index contributed by atoms with van der Waals surface area (Å²) in [7, 11) is 4.17. The predicted octanol–water partition coefficient (Wildman–Crippen LogP) is 2.18. The Morgan fingerprint density at radius 1 is 1.31 bits per heavy atom. The molecule has 0 spiro atoms. The largest absolute Gasteiger partial charge is 0.309 e. The molecule has 2 rings (SSSR count). The van der Waals surface area contributed by atoms with Crippen molar-refractivity contribution < 1.29 is 0 Å². The number of fused-ring (bicyclic) bond motifs is 1. The molecule has 0 bridgehead atoms. The molecule has 1 aromatic carbocycles. The molecule has 1 aliphatic heterocycles. The summed E-state index contributed by atoms with van der Waals surface area (Å²) in [6.45, 7) is 1.06. The van der Waals surface area contributed by atoms with Crippen molar-refractivity contribution >= 4 is 17.3 Å². The van der Waals surface area contributed by atoms with E-state index in [4.69, 9.17) is 11.6 Å². The van der Waals surface area contributed by atoms with Gasteiger partial charge < -0.3 is 5.01 Å². The average Bonchev–Trinajstić information content (AvgIpc) is 2.12. The Morgan fingerprint density at radius 3 is 2.85 bits per heavy atom. The molecule has 0 fully saturated rings. The number of hydrazine groups is 1. The molecule has 0 unspecified atom stereocenters. The number of halogens is 1. The van der Waals surface area contributed by atoms with Crippen molar-refractivity contribution in [2.24, 2.45) is 0 Å². The van der Waals surface area contributed by atoms with Crippen LogP contribution in [0.15, 0.2) is 18.2 Å². The van der Waals surface area contributed by atoms with Crippen LogP contribution in [-0.2, 0) is 6.42 Å². The van der Waals surface area contributed by atoms with Gasteiger partial charge in [-0.3, -0.25) is 0 Å². The van der Waals surface area contributed by atoms with Gasteiger partial charge in [0.25, 0.3) is 0 Å². The second kappa shape index (κ2) is 3.20. The van der Waals surface area contributed by atoms with Crippen LogP contribution in [0, 0.1) is 0 Å². The number of hydrogen-bond acceptors (Lipinski definition) is 2. The third-order valence-electron chi connectivity index (χ3n) is 2.61. The van der Waals surface area contributed by atoms with Crippen LogP contribution in [0.3, 0.4) is 0 Å². The highest BCUT2D eigenvalue weighted by molar-refractivity contribution is 6.30. The van der Waals surface area contributed by atoms with Crippen LogP contribution in [0.1, 0.15) is 5.56 Å². The van der Waals surface area contributed by atoms with Gasteiger partial charge in [0, 0.05) is 25.7 Å². The van der Waals surface area contributed by atoms with Gasteiger partial charge in [0.15, 0.2) is 0 Å². The molecule has 1 aromatic rings. The summed E-state index contributed by atoms with van der Waals surface area (Å²) in [6, 6.07) is 6.07. The summed E-state index contributed by atoms with van der Waals surface area (Å²) >= 11 is 5.93. The van der Waals surface area contributed by atoms with Gasteiger partial charge in [-0.05, 0) is 30.2 Å². The molecule has 0 saturated carbocycles. The Labute approximate surface area is 83.7 Å². The van der Waals surface area contributed by atoms with Gasteiger partial charge >= 0.3 is 0 Å². The summed E-state index contributed by atoms with van der Waals surface area (Å²) in [5.41, 5.74) is 2.60. The van der Waals surface area contributed by atoms with Crippen LogP contribution in [0.25, 0.3) is 0 Å². The van der Waals surface area contributed by atoms with E-state index in [1.165, 1.54) is 11.3 Å². The van der Waals surface area contributed by atoms with Gasteiger partial charge in [-0.2, -0.15) is 0 Å². The van der Waals surface area contributed by atoms with E-state index < -0.39 is 0 Å². The van der Waals surface area contributed by atoms with E-state index in [1.54, 1.807) is 0 Å². The van der Waals surface area contributed by atoms with Gasteiger partial charge in [0.05, 0.1) is 5.69 Å². The third kappa shape index (κ3) is 1.52. The topological polar surface area (TPSA) is 6.48 Å². The monoisotopic (exact) mass is 196 g/mol. The summed E-state index contributed by atoms with van der Waals surface area (Å²) in [5, 5.41) is 5.20. The molecular weight excluding hydrogens is 184 g/mol. The van der Waals surface area contributed by atoms with Gasteiger partial charge in [-0.15, -0.1) is 0 Å². The molecule has 1 heterocycles. The fourth-order valence-corrected chi connectivity index (χ4v) is 1.88. The number of benzene rings is 1. The smallest absolute Gasteiger partial charge is 0.0552 e. The molecular formula is C10H13ClN2. The summed E-state index contributed by atoms with van der Waals surface area (Å²) in [6.07, 6.45) is 1.08. The van der Waals surface area contributed by atoms with Crippen molar-refractivity contribution in [3.63, 3.8) is 0 Å². The highest BCUT2D eigenvalue weighted by Crippen LogP contribution is 2.27. The first-order valence-electron chi connectivity index (χ1n) is 4.41. The maximum atomic E-state index is 5.93. The molecule has 0 saturated heterocycles. The van der Waals surface area contributed by atoms with Crippen molar-refractivity contribution in [1.82, 2.24) is 5.01 Å². The first-order chi connectivity index (χ1) is 6.18. The van der Waals surface area contributed by atoms with Crippen molar-refractivity contribution in [3.05, 3.63) is 28.8 Å². The van der Waals surface area contributed by atoms with Crippen LogP contribution in [-0.4, -0.2) is 25.6 Å². The number of hydrogen-bond donors (Lipinski definition) is 0. The minimum absolute atomic E-state index is 0.830. The Bertz CT molecular complexity index is 325. The molecule has 13 heavy (non-hydrogen) atoms. The van der Waals surface area contributed by atoms with Gasteiger partial charge in [-0.25, -0.2) is 5.01 Å². The fraction of sp³-hybridized carbons (Fsp3) is 0.400. The van der Waals surface area contributed by atoms with Crippen molar-refractivity contribution in [2.45, 2.75) is 6.42 Å². The Kier molecular flexibility index (Phi) is 2.18. The molecule has 0 aliphatic carbocycles. The Morgan fingerprint density at radius 2 is 2.08 bits per heavy atom. The molecule has 0 N–H and O–H groups in total. The molecule has 2 nitrogen and oxygen atoms in total. The van der Waals surface area contributed by atoms with Gasteiger partial charge in [0.1, 0.15) is 0 Å². The normalized spacial score (nSPS) is 17.3. The Hall–Kier alpha value is -0.730. The number of likely N-dealkylation sites (N-methyl/N-ethyl adjacent to an activating group) is 1. The maximum absolute atomic E-state index is 5.93. The van der Waals surface area contributed by atoms with Crippen LogP contribution < -0.4 is 5.01 Å². The SMILES string of the molecule is CN1CCc2cc(Cl)ccc2N1C. The second-order valence-corrected chi connectivity index (χ2v) is 3.86. The summed E-state index contributed by atoms with van der Waals surface area (Å²) in [5.74, 6) is 0. The molecule has 0 aromatic heterocycles. The molecule has 0 atom stereocenters. The molecule has 1 aliphatic rings. The highest BCUT2D eigenvalue weighted by Gasteiger charge is 2.17. The molecule has 3 heteroatoms. The lowest BCUT2D eigenvalue weighted by Crippen LogP contribution is -2.41. The minimum atomic E-state index is 0.830. The van der Waals surface area contributed by atoms with Crippen LogP contribution in [0.4, 0.5) is 5.69 Å². The quantitative estimate of drug-likeness (QED) is 0.628. The highest BCUT2D eigenvalue weighted by atomic mass is 35.5. The van der Waals surface area contributed by atoms with E-state index in [9.17, 15) is 0 Å². The summed E-state index contributed by atoms with van der Waals surface area (Å²) < 4.78 is 0. The van der Waals surface area contributed by atoms with E-state index in [0.717, 1.165) is 18.0 Å². The zero-order valence-corrected chi connectivity index (χ0v) is 8.67. The zero-order valence-electron chi connectivity index (χ0n) is 7.92. The van der Waals surface area contributed by atoms with E-state index in [-0.39, 0.29) is 0 Å². The Balaban J connectivity index is 2.44. The third-order valence-corrected chi connectivity index (χ3v) is 2.84. The summed E-state index contributed by atoms with van der Waals surface area (Å²) in [4.78, 5) is 0. The average molecular weight is 197 g/mol. The maximum Gasteiger partial charge on any atom is 0.0552 e. The van der Waals surface area contributed by atoms with Crippen LogP contribution >= 0.6 is 11.6 Å². The van der Waals surface area contributed by atoms with Gasteiger partial charge in [-0.1, -0.05) is 11.6 Å². The number of nitrogens with zero attached hydrogens (tertiary/aromatic N) is 2. The van der Waals surface area contributed by atoms with Crippen molar-refractivity contribution in [3.8, 4) is 0 Å². The second-order valence-electron chi connectivity index (χ2n) is 3.43. The zero-order chi connectivity index (χ0) is 9.42. The van der Waals surface area contributed by atoms with Crippen LogP contribution in [0.5, 0.6) is 0 Å². The number of rotatable bonds is 0. The van der Waals surface area contributed by atoms with Crippen molar-refractivity contribution in [1.29, 1.82) is 0 Å². The first kappa shape index (κ1) is 8.85. The van der Waals surface area contributed by atoms with E-state index >= 15 is 0 Å². The molecule has 70 valence electrons. The lowest BCUT2D eigenvalue weighted by Gasteiger charge is -2.36. The molecule has 0 amide bonds. The fourth-order valence-electron chi connectivity index (χ4n) is 1.69. The molecule has 0 radical (unpaired) electrons.